The van der Waals surface area contributed by atoms with Crippen molar-refractivity contribution < 1.29 is 13.2 Å². The normalized spacial score (nSPS) is 13.6. The standard InChI is InChI=1S/C14H19BrF3N/c1-3-6-19-13(4-5-14(16,17)18)11-7-10(2)8-12(15)9-11/h7-9,13,19H,3-6H2,1-2H3. The molecule has 0 bridgehead atoms. The Morgan fingerprint density at radius 2 is 1.95 bits per heavy atom. The highest BCUT2D eigenvalue weighted by Gasteiger charge is 2.28. The second-order valence-corrected chi connectivity index (χ2v) is 5.64. The third kappa shape index (κ3) is 6.43. The second-order valence-electron chi connectivity index (χ2n) is 4.72. The summed E-state index contributed by atoms with van der Waals surface area (Å²) in [5.41, 5.74) is 1.95. The molecule has 0 spiro atoms. The van der Waals surface area contributed by atoms with Gasteiger partial charge in [0.05, 0.1) is 0 Å². The number of hydrogen-bond donors (Lipinski definition) is 1. The maximum atomic E-state index is 12.4. The summed E-state index contributed by atoms with van der Waals surface area (Å²) in [5, 5.41) is 3.19. The van der Waals surface area contributed by atoms with Crippen LogP contribution in [0.5, 0.6) is 0 Å². The van der Waals surface area contributed by atoms with Crippen molar-refractivity contribution in [1.29, 1.82) is 0 Å². The second kappa shape index (κ2) is 7.29. The minimum absolute atomic E-state index is 0.0688. The summed E-state index contributed by atoms with van der Waals surface area (Å²) in [6.07, 6.45) is -3.90. The first kappa shape index (κ1) is 16.5. The third-order valence-electron chi connectivity index (χ3n) is 2.82. The van der Waals surface area contributed by atoms with E-state index in [1.165, 1.54) is 0 Å². The molecule has 1 aromatic rings. The lowest BCUT2D eigenvalue weighted by Gasteiger charge is -2.20. The summed E-state index contributed by atoms with van der Waals surface area (Å²) in [6.45, 7) is 4.66. The van der Waals surface area contributed by atoms with Gasteiger partial charge in [0.25, 0.3) is 0 Å². The van der Waals surface area contributed by atoms with E-state index < -0.39 is 12.6 Å². The van der Waals surface area contributed by atoms with Crippen LogP contribution in [0, 0.1) is 6.92 Å². The van der Waals surface area contributed by atoms with Crippen LogP contribution in [0.25, 0.3) is 0 Å². The van der Waals surface area contributed by atoms with Crippen LogP contribution in [0.1, 0.15) is 43.4 Å². The average molecular weight is 338 g/mol. The summed E-state index contributed by atoms with van der Waals surface area (Å²) in [5.74, 6) is 0. The van der Waals surface area contributed by atoms with Crippen LogP contribution in [0.3, 0.4) is 0 Å². The number of nitrogens with one attached hydrogen (secondary N) is 1. The SMILES string of the molecule is CCCNC(CCC(F)(F)F)c1cc(C)cc(Br)c1. The van der Waals surface area contributed by atoms with Crippen molar-refractivity contribution in [3.63, 3.8) is 0 Å². The predicted molar refractivity (Wildman–Crippen MR) is 75.2 cm³/mol. The van der Waals surface area contributed by atoms with Gasteiger partial charge in [-0.05, 0) is 49.6 Å². The van der Waals surface area contributed by atoms with Crippen molar-refractivity contribution in [3.05, 3.63) is 33.8 Å². The molecule has 0 aliphatic carbocycles. The van der Waals surface area contributed by atoms with Gasteiger partial charge in [0.15, 0.2) is 0 Å². The van der Waals surface area contributed by atoms with Crippen LogP contribution < -0.4 is 5.32 Å². The third-order valence-corrected chi connectivity index (χ3v) is 3.28. The smallest absolute Gasteiger partial charge is 0.310 e. The molecule has 1 unspecified atom stereocenters. The molecule has 0 saturated carbocycles. The van der Waals surface area contributed by atoms with E-state index in [1.54, 1.807) is 0 Å². The summed E-state index contributed by atoms with van der Waals surface area (Å²) in [4.78, 5) is 0. The highest BCUT2D eigenvalue weighted by atomic mass is 79.9. The number of rotatable bonds is 6. The van der Waals surface area contributed by atoms with E-state index in [1.807, 2.05) is 32.0 Å². The zero-order valence-electron chi connectivity index (χ0n) is 11.1. The first-order valence-corrected chi connectivity index (χ1v) is 7.18. The molecule has 1 atom stereocenters. The number of benzene rings is 1. The Bertz CT molecular complexity index is 384. The summed E-state index contributed by atoms with van der Waals surface area (Å²) in [6, 6.07) is 5.52. The predicted octanol–water partition coefficient (Wildman–Crippen LogP) is 5.14. The van der Waals surface area contributed by atoms with Gasteiger partial charge >= 0.3 is 6.18 Å². The topological polar surface area (TPSA) is 12.0 Å². The molecule has 0 aromatic heterocycles. The van der Waals surface area contributed by atoms with Gasteiger partial charge < -0.3 is 5.32 Å². The Kier molecular flexibility index (Phi) is 6.33. The zero-order valence-corrected chi connectivity index (χ0v) is 12.7. The highest BCUT2D eigenvalue weighted by molar-refractivity contribution is 9.10. The van der Waals surface area contributed by atoms with E-state index in [-0.39, 0.29) is 12.5 Å². The van der Waals surface area contributed by atoms with E-state index in [0.717, 1.165) is 22.0 Å². The van der Waals surface area contributed by atoms with Gasteiger partial charge in [0, 0.05) is 16.9 Å². The van der Waals surface area contributed by atoms with Crippen molar-refractivity contribution in [2.45, 2.75) is 45.3 Å². The van der Waals surface area contributed by atoms with Gasteiger partial charge in [-0.15, -0.1) is 0 Å². The van der Waals surface area contributed by atoms with Gasteiger partial charge in [-0.25, -0.2) is 0 Å². The lowest BCUT2D eigenvalue weighted by molar-refractivity contribution is -0.136. The molecule has 0 amide bonds. The van der Waals surface area contributed by atoms with Gasteiger partial charge in [-0.2, -0.15) is 13.2 Å². The van der Waals surface area contributed by atoms with Gasteiger partial charge in [0.1, 0.15) is 0 Å². The fourth-order valence-electron chi connectivity index (χ4n) is 1.98. The molecule has 19 heavy (non-hydrogen) atoms. The largest absolute Gasteiger partial charge is 0.389 e. The van der Waals surface area contributed by atoms with Crippen LogP contribution in [-0.4, -0.2) is 12.7 Å². The first-order chi connectivity index (χ1) is 8.81. The van der Waals surface area contributed by atoms with Crippen molar-refractivity contribution >= 4 is 15.9 Å². The first-order valence-electron chi connectivity index (χ1n) is 6.39. The van der Waals surface area contributed by atoms with Crippen molar-refractivity contribution in [3.8, 4) is 0 Å². The molecule has 0 saturated heterocycles. The molecule has 108 valence electrons. The monoisotopic (exact) mass is 337 g/mol. The van der Waals surface area contributed by atoms with Crippen molar-refractivity contribution in [2.24, 2.45) is 0 Å². The Morgan fingerprint density at radius 3 is 2.47 bits per heavy atom. The summed E-state index contributed by atoms with van der Waals surface area (Å²) < 4.78 is 38.0. The quantitative estimate of drug-likeness (QED) is 0.757. The lowest BCUT2D eigenvalue weighted by atomic mass is 10.00. The van der Waals surface area contributed by atoms with Gasteiger partial charge in [-0.3, -0.25) is 0 Å². The lowest BCUT2D eigenvalue weighted by Crippen LogP contribution is -2.24. The minimum atomic E-state index is -4.10. The van der Waals surface area contributed by atoms with Gasteiger partial charge in [-0.1, -0.05) is 28.9 Å². The Labute approximate surface area is 120 Å². The summed E-state index contributed by atoms with van der Waals surface area (Å²) >= 11 is 3.39. The Balaban J connectivity index is 2.82. The van der Waals surface area contributed by atoms with E-state index >= 15 is 0 Å². The molecule has 1 nitrogen and oxygen atoms in total. The number of alkyl halides is 3. The highest BCUT2D eigenvalue weighted by Crippen LogP contribution is 2.29. The molecule has 1 rings (SSSR count). The van der Waals surface area contributed by atoms with Crippen LogP contribution >= 0.6 is 15.9 Å². The van der Waals surface area contributed by atoms with E-state index in [0.29, 0.717) is 6.54 Å². The number of halogens is 4. The van der Waals surface area contributed by atoms with E-state index in [9.17, 15) is 13.2 Å². The van der Waals surface area contributed by atoms with Crippen molar-refractivity contribution in [2.75, 3.05) is 6.54 Å². The number of aryl methyl sites for hydroxylation is 1. The molecule has 1 aromatic carbocycles. The van der Waals surface area contributed by atoms with E-state index in [4.69, 9.17) is 0 Å². The minimum Gasteiger partial charge on any atom is -0.310 e. The molecule has 0 heterocycles. The molecule has 0 aliphatic heterocycles. The average Bonchev–Trinajstić information content (AvgIpc) is 2.26. The van der Waals surface area contributed by atoms with Crippen LogP contribution in [0.15, 0.2) is 22.7 Å². The van der Waals surface area contributed by atoms with Crippen LogP contribution in [0.4, 0.5) is 13.2 Å². The maximum absolute atomic E-state index is 12.4. The molecular weight excluding hydrogens is 319 g/mol. The Hall–Kier alpha value is -0.550. The fourth-order valence-corrected chi connectivity index (χ4v) is 2.60. The molecular formula is C14H19BrF3N. The molecule has 1 N–H and O–H groups in total. The zero-order chi connectivity index (χ0) is 14.5. The number of hydrogen-bond acceptors (Lipinski definition) is 1. The molecule has 0 fully saturated rings. The van der Waals surface area contributed by atoms with Crippen molar-refractivity contribution in [1.82, 2.24) is 5.32 Å². The summed E-state index contributed by atoms with van der Waals surface area (Å²) in [7, 11) is 0. The molecule has 0 radical (unpaired) electrons. The van der Waals surface area contributed by atoms with Crippen LogP contribution in [-0.2, 0) is 0 Å². The molecule has 0 aliphatic rings. The van der Waals surface area contributed by atoms with E-state index in [2.05, 4.69) is 21.2 Å². The maximum Gasteiger partial charge on any atom is 0.389 e. The van der Waals surface area contributed by atoms with Gasteiger partial charge in [0.2, 0.25) is 0 Å². The Morgan fingerprint density at radius 1 is 1.26 bits per heavy atom. The molecule has 5 heteroatoms. The van der Waals surface area contributed by atoms with Crippen LogP contribution in [0.2, 0.25) is 0 Å². The fraction of sp³-hybridized carbons (Fsp3) is 0.571.